The summed E-state index contributed by atoms with van der Waals surface area (Å²) in [7, 11) is 0. The molecule has 6 heteroatoms. The van der Waals surface area contributed by atoms with E-state index in [-0.39, 0.29) is 6.54 Å². The lowest BCUT2D eigenvalue weighted by Crippen LogP contribution is -2.58. The van der Waals surface area contributed by atoms with Gasteiger partial charge in [-0.3, -0.25) is 19.8 Å². The minimum atomic E-state index is -0.752. The largest absolute Gasteiger partial charge is 0.330 e. The van der Waals surface area contributed by atoms with Crippen molar-refractivity contribution in [3.8, 4) is 0 Å². The fourth-order valence-corrected chi connectivity index (χ4v) is 2.43. The van der Waals surface area contributed by atoms with Crippen molar-refractivity contribution >= 4 is 29.4 Å². The molecule has 5 nitrogen and oxygen atoms in total. The first-order chi connectivity index (χ1) is 10.0. The molecule has 1 aliphatic rings. The van der Waals surface area contributed by atoms with E-state index in [1.807, 2.05) is 19.1 Å². The normalized spacial score (nSPS) is 18.9. The van der Waals surface area contributed by atoms with Crippen LogP contribution in [0.25, 0.3) is 0 Å². The number of halogens is 1. The molecule has 1 heterocycles. The lowest BCUT2D eigenvalue weighted by atomic mass is 9.99. The average Bonchev–Trinajstić information content (AvgIpc) is 2.45. The number of benzene rings is 1. The molecule has 0 spiro atoms. The molecule has 0 bridgehead atoms. The fourth-order valence-electron chi connectivity index (χ4n) is 2.31. The number of nitrogens with zero attached hydrogens (tertiary/aromatic N) is 1. The van der Waals surface area contributed by atoms with Crippen LogP contribution in [0.3, 0.4) is 0 Å². The topological polar surface area (TPSA) is 66.5 Å². The second-order valence-corrected chi connectivity index (χ2v) is 5.44. The van der Waals surface area contributed by atoms with Crippen LogP contribution in [-0.4, -0.2) is 29.3 Å². The Kier molecular flexibility index (Phi) is 4.96. The Morgan fingerprint density at radius 1 is 1.19 bits per heavy atom. The van der Waals surface area contributed by atoms with E-state index < -0.39 is 23.8 Å². The van der Waals surface area contributed by atoms with Crippen LogP contribution in [0.2, 0.25) is 5.02 Å². The molecule has 1 aromatic rings. The molecule has 112 valence electrons. The van der Waals surface area contributed by atoms with E-state index in [0.717, 1.165) is 10.5 Å². The number of carbonyl (C=O) groups excluding carboxylic acids is 3. The van der Waals surface area contributed by atoms with Gasteiger partial charge in [-0.1, -0.05) is 37.1 Å². The van der Waals surface area contributed by atoms with E-state index in [9.17, 15) is 14.4 Å². The van der Waals surface area contributed by atoms with Crippen LogP contribution in [0, 0.1) is 5.92 Å². The number of imide groups is 2. The van der Waals surface area contributed by atoms with Gasteiger partial charge in [0.2, 0.25) is 11.8 Å². The molecule has 1 N–H and O–H groups in total. The molecule has 0 saturated carbocycles. The summed E-state index contributed by atoms with van der Waals surface area (Å²) in [6.45, 7) is 2.15. The van der Waals surface area contributed by atoms with Gasteiger partial charge in [-0.25, -0.2) is 4.79 Å². The number of nitrogens with one attached hydrogen (secondary N) is 1. The molecule has 1 saturated heterocycles. The smallest absolute Gasteiger partial charge is 0.277 e. The highest BCUT2D eigenvalue weighted by Crippen LogP contribution is 2.17. The first kappa shape index (κ1) is 15.5. The predicted octanol–water partition coefficient (Wildman–Crippen LogP) is 2.38. The molecule has 0 aromatic heterocycles. The van der Waals surface area contributed by atoms with Crippen molar-refractivity contribution < 1.29 is 14.4 Å². The van der Waals surface area contributed by atoms with Gasteiger partial charge >= 0.3 is 6.03 Å². The van der Waals surface area contributed by atoms with Crippen LogP contribution < -0.4 is 5.32 Å². The van der Waals surface area contributed by atoms with E-state index in [2.05, 4.69) is 5.32 Å². The number of rotatable bonds is 5. The van der Waals surface area contributed by atoms with Gasteiger partial charge in [-0.15, -0.1) is 0 Å². The second kappa shape index (κ2) is 6.72. The van der Waals surface area contributed by atoms with Crippen LogP contribution in [0.5, 0.6) is 0 Å². The SMILES string of the molecule is CCCC1C(=O)NC(=O)N(CCc2ccc(Cl)cc2)C1=O. The first-order valence-electron chi connectivity index (χ1n) is 6.93. The molecule has 1 aliphatic heterocycles. The lowest BCUT2D eigenvalue weighted by molar-refractivity contribution is -0.142. The Bertz CT molecular complexity index is 557. The zero-order valence-corrected chi connectivity index (χ0v) is 12.5. The summed E-state index contributed by atoms with van der Waals surface area (Å²) < 4.78 is 0. The van der Waals surface area contributed by atoms with Gasteiger partial charge < -0.3 is 0 Å². The highest BCUT2D eigenvalue weighted by atomic mass is 35.5. The molecule has 1 fully saturated rings. The maximum Gasteiger partial charge on any atom is 0.330 e. The predicted molar refractivity (Wildman–Crippen MR) is 78.8 cm³/mol. The molecule has 1 aromatic carbocycles. The maximum atomic E-state index is 12.2. The molecule has 0 radical (unpaired) electrons. The molecule has 21 heavy (non-hydrogen) atoms. The zero-order valence-electron chi connectivity index (χ0n) is 11.8. The standard InChI is InChI=1S/C15H17ClN2O3/c1-2-3-12-13(19)17-15(21)18(14(12)20)9-8-10-4-6-11(16)7-5-10/h4-7,12H,2-3,8-9H2,1H3,(H,17,19,21). The first-order valence-corrected chi connectivity index (χ1v) is 7.31. The molecular formula is C15H17ClN2O3. The molecule has 0 aliphatic carbocycles. The third-order valence-corrected chi connectivity index (χ3v) is 3.72. The number of carbonyl (C=O) groups is 3. The van der Waals surface area contributed by atoms with E-state index in [1.54, 1.807) is 12.1 Å². The van der Waals surface area contributed by atoms with Gasteiger partial charge in [-0.2, -0.15) is 0 Å². The van der Waals surface area contributed by atoms with Crippen molar-refractivity contribution in [2.24, 2.45) is 5.92 Å². The van der Waals surface area contributed by atoms with Crippen LogP contribution in [0.4, 0.5) is 4.79 Å². The fraction of sp³-hybridized carbons (Fsp3) is 0.400. The number of hydrogen-bond acceptors (Lipinski definition) is 3. The van der Waals surface area contributed by atoms with Gasteiger partial charge in [0.15, 0.2) is 0 Å². The second-order valence-electron chi connectivity index (χ2n) is 5.00. The van der Waals surface area contributed by atoms with Crippen molar-refractivity contribution in [1.82, 2.24) is 10.2 Å². The van der Waals surface area contributed by atoms with Crippen LogP contribution in [0.1, 0.15) is 25.3 Å². The van der Waals surface area contributed by atoms with Gasteiger partial charge in [-0.05, 0) is 30.5 Å². The van der Waals surface area contributed by atoms with Crippen molar-refractivity contribution in [3.63, 3.8) is 0 Å². The van der Waals surface area contributed by atoms with E-state index in [4.69, 9.17) is 11.6 Å². The van der Waals surface area contributed by atoms with Crippen LogP contribution in [0.15, 0.2) is 24.3 Å². The lowest BCUT2D eigenvalue weighted by Gasteiger charge is -2.30. The van der Waals surface area contributed by atoms with Gasteiger partial charge in [0.25, 0.3) is 0 Å². The minimum absolute atomic E-state index is 0.250. The molecule has 2 rings (SSSR count). The van der Waals surface area contributed by atoms with Gasteiger partial charge in [0.1, 0.15) is 5.92 Å². The molecular weight excluding hydrogens is 292 g/mol. The summed E-state index contributed by atoms with van der Waals surface area (Å²) in [5.74, 6) is -1.65. The Labute approximate surface area is 128 Å². The summed E-state index contributed by atoms with van der Waals surface area (Å²) in [5.41, 5.74) is 0.976. The monoisotopic (exact) mass is 308 g/mol. The van der Waals surface area contributed by atoms with Crippen LogP contribution >= 0.6 is 11.6 Å². The van der Waals surface area contributed by atoms with Gasteiger partial charge in [0, 0.05) is 11.6 Å². The van der Waals surface area contributed by atoms with E-state index in [1.165, 1.54) is 0 Å². The average molecular weight is 309 g/mol. The van der Waals surface area contributed by atoms with Crippen molar-refractivity contribution in [2.45, 2.75) is 26.2 Å². The summed E-state index contributed by atoms with van der Waals surface area (Å²) in [5, 5.41) is 2.88. The number of urea groups is 1. The third-order valence-electron chi connectivity index (χ3n) is 3.47. The minimum Gasteiger partial charge on any atom is -0.277 e. The molecule has 1 atom stereocenters. The van der Waals surface area contributed by atoms with Crippen molar-refractivity contribution in [1.29, 1.82) is 0 Å². The highest BCUT2D eigenvalue weighted by molar-refractivity contribution is 6.30. The highest BCUT2D eigenvalue weighted by Gasteiger charge is 2.39. The number of amides is 4. The summed E-state index contributed by atoms with van der Waals surface area (Å²) in [4.78, 5) is 36.8. The Balaban J connectivity index is 2.03. The summed E-state index contributed by atoms with van der Waals surface area (Å²) in [6.07, 6.45) is 1.70. The Morgan fingerprint density at radius 2 is 1.86 bits per heavy atom. The molecule has 1 unspecified atom stereocenters. The van der Waals surface area contributed by atoms with Gasteiger partial charge in [0.05, 0.1) is 0 Å². The van der Waals surface area contributed by atoms with Crippen molar-refractivity contribution in [2.75, 3.05) is 6.54 Å². The Hall–Kier alpha value is -1.88. The summed E-state index contributed by atoms with van der Waals surface area (Å²) in [6, 6.07) is 6.59. The Morgan fingerprint density at radius 3 is 2.48 bits per heavy atom. The molecule has 4 amide bonds. The number of hydrogen-bond donors (Lipinski definition) is 1. The van der Waals surface area contributed by atoms with E-state index >= 15 is 0 Å². The number of barbiturate groups is 1. The quantitative estimate of drug-likeness (QED) is 0.849. The van der Waals surface area contributed by atoms with Crippen molar-refractivity contribution in [3.05, 3.63) is 34.9 Å². The summed E-state index contributed by atoms with van der Waals surface area (Å²) >= 11 is 5.81. The van der Waals surface area contributed by atoms with E-state index in [0.29, 0.717) is 24.3 Å². The third kappa shape index (κ3) is 3.61. The zero-order chi connectivity index (χ0) is 15.4. The van der Waals surface area contributed by atoms with Crippen LogP contribution in [-0.2, 0) is 16.0 Å². The maximum absolute atomic E-state index is 12.2.